The van der Waals surface area contributed by atoms with E-state index in [1.165, 1.54) is 12.1 Å². The van der Waals surface area contributed by atoms with Gasteiger partial charge >= 0.3 is 5.69 Å². The van der Waals surface area contributed by atoms with Gasteiger partial charge in [0.2, 0.25) is 5.75 Å². The molecule has 1 heterocycles. The van der Waals surface area contributed by atoms with Crippen molar-refractivity contribution < 1.29 is 14.1 Å². The molecule has 0 aliphatic rings. The number of rotatable bonds is 5. The molecule has 1 aromatic heterocycles. The van der Waals surface area contributed by atoms with Gasteiger partial charge in [0, 0.05) is 24.6 Å². The van der Waals surface area contributed by atoms with Crippen LogP contribution in [0.25, 0.3) is 0 Å². The highest BCUT2D eigenvalue weighted by Gasteiger charge is 2.20. The van der Waals surface area contributed by atoms with E-state index in [0.717, 1.165) is 17.6 Å². The highest BCUT2D eigenvalue weighted by Crippen LogP contribution is 2.30. The number of nitrogens with one attached hydrogen (secondary N) is 1. The first-order valence-electron chi connectivity index (χ1n) is 5.18. The summed E-state index contributed by atoms with van der Waals surface area (Å²) in [5.41, 5.74) is 0.0410. The quantitative estimate of drug-likeness (QED) is 0.668. The number of hydrogen-bond acceptors (Lipinski definition) is 7. The smallest absolute Gasteiger partial charge is 0.314 e. The number of aromatic nitrogens is 2. The van der Waals surface area contributed by atoms with Gasteiger partial charge in [-0.3, -0.25) is 10.1 Å². The van der Waals surface area contributed by atoms with Crippen LogP contribution >= 0.6 is 11.5 Å². The minimum atomic E-state index is -0.789. The Morgan fingerprint density at radius 1 is 1.58 bits per heavy atom. The van der Waals surface area contributed by atoms with Crippen molar-refractivity contribution in [1.82, 2.24) is 9.59 Å². The molecule has 0 saturated heterocycles. The Bertz CT molecular complexity index is 604. The number of nitrogens with zero attached hydrogens (tertiary/aromatic N) is 3. The van der Waals surface area contributed by atoms with E-state index < -0.39 is 22.2 Å². The van der Waals surface area contributed by atoms with Crippen LogP contribution in [0.15, 0.2) is 18.2 Å². The number of hydrogen-bond donors (Lipinski definition) is 1. The number of halogens is 1. The number of nitro groups is 1. The van der Waals surface area contributed by atoms with Crippen molar-refractivity contribution in [2.45, 2.75) is 6.61 Å². The molecule has 9 heteroatoms. The summed E-state index contributed by atoms with van der Waals surface area (Å²) in [5, 5.41) is 18.1. The molecule has 7 nitrogen and oxygen atoms in total. The lowest BCUT2D eigenvalue weighted by atomic mass is 10.3. The SMILES string of the molecule is CNc1snnc1COc1c(F)cccc1[N+](=O)[O-]. The fourth-order valence-corrected chi connectivity index (χ4v) is 1.94. The van der Waals surface area contributed by atoms with Crippen LogP contribution in [0.1, 0.15) is 5.69 Å². The highest BCUT2D eigenvalue weighted by molar-refractivity contribution is 7.10. The highest BCUT2D eigenvalue weighted by atomic mass is 32.1. The topological polar surface area (TPSA) is 90.2 Å². The van der Waals surface area contributed by atoms with Crippen LogP contribution in [0, 0.1) is 15.9 Å². The van der Waals surface area contributed by atoms with Crippen LogP contribution in [0.5, 0.6) is 5.75 Å². The van der Waals surface area contributed by atoms with Gasteiger partial charge in [-0.15, -0.1) is 5.10 Å². The first-order valence-corrected chi connectivity index (χ1v) is 5.95. The second kappa shape index (κ2) is 5.57. The molecule has 0 aliphatic heterocycles. The first kappa shape index (κ1) is 13.1. The second-order valence-corrected chi connectivity index (χ2v) is 4.19. The zero-order valence-electron chi connectivity index (χ0n) is 9.79. The maximum Gasteiger partial charge on any atom is 0.314 e. The third-order valence-corrected chi connectivity index (χ3v) is 3.06. The van der Waals surface area contributed by atoms with Crippen molar-refractivity contribution in [3.05, 3.63) is 39.8 Å². The average Bonchev–Trinajstić information content (AvgIpc) is 2.84. The molecule has 0 saturated carbocycles. The van der Waals surface area contributed by atoms with E-state index >= 15 is 0 Å². The van der Waals surface area contributed by atoms with Crippen LogP contribution in [0.3, 0.4) is 0 Å². The van der Waals surface area contributed by atoms with E-state index in [1.54, 1.807) is 7.05 Å². The molecule has 0 amide bonds. The van der Waals surface area contributed by atoms with Gasteiger partial charge in [-0.1, -0.05) is 10.6 Å². The molecule has 1 aromatic carbocycles. The van der Waals surface area contributed by atoms with Gasteiger partial charge in [0.25, 0.3) is 0 Å². The van der Waals surface area contributed by atoms with Crippen molar-refractivity contribution in [3.63, 3.8) is 0 Å². The number of ether oxygens (including phenoxy) is 1. The summed E-state index contributed by atoms with van der Waals surface area (Å²) in [6.45, 7) is -0.103. The largest absolute Gasteiger partial charge is 0.478 e. The Morgan fingerprint density at radius 2 is 2.37 bits per heavy atom. The molecule has 2 rings (SSSR count). The molecule has 100 valence electrons. The summed E-state index contributed by atoms with van der Waals surface area (Å²) in [5.74, 6) is -1.19. The minimum Gasteiger partial charge on any atom is -0.478 e. The predicted octanol–water partition coefficient (Wildman–Crippen LogP) is 2.21. The van der Waals surface area contributed by atoms with Gasteiger partial charge in [-0.2, -0.15) is 0 Å². The molecule has 0 atom stereocenters. The van der Waals surface area contributed by atoms with Crippen molar-refractivity contribution in [3.8, 4) is 5.75 Å². The van der Waals surface area contributed by atoms with Crippen molar-refractivity contribution in [1.29, 1.82) is 0 Å². The molecule has 0 aliphatic carbocycles. The molecule has 19 heavy (non-hydrogen) atoms. The van der Waals surface area contributed by atoms with Gasteiger partial charge < -0.3 is 10.1 Å². The van der Waals surface area contributed by atoms with E-state index in [4.69, 9.17) is 4.74 Å². The summed E-state index contributed by atoms with van der Waals surface area (Å²) in [6, 6.07) is 3.53. The zero-order valence-corrected chi connectivity index (χ0v) is 10.6. The van der Waals surface area contributed by atoms with E-state index in [1.807, 2.05) is 0 Å². The average molecular weight is 284 g/mol. The molecule has 0 radical (unpaired) electrons. The standard InChI is InChI=1S/C10H9FN4O3S/c1-12-10-7(13-14-19-10)5-18-9-6(11)3-2-4-8(9)15(16)17/h2-4,12H,5H2,1H3. The van der Waals surface area contributed by atoms with Crippen molar-refractivity contribution in [2.24, 2.45) is 0 Å². The molecule has 0 spiro atoms. The fourth-order valence-electron chi connectivity index (χ4n) is 1.42. The van der Waals surface area contributed by atoms with E-state index in [2.05, 4.69) is 14.9 Å². The number of nitro benzene ring substituents is 1. The van der Waals surface area contributed by atoms with Gasteiger partial charge in [0.05, 0.1) is 4.92 Å². The van der Waals surface area contributed by atoms with Crippen LogP contribution in [0.2, 0.25) is 0 Å². The lowest BCUT2D eigenvalue weighted by Gasteiger charge is -2.06. The normalized spacial score (nSPS) is 10.2. The van der Waals surface area contributed by atoms with Crippen molar-refractivity contribution in [2.75, 3.05) is 12.4 Å². The molecular formula is C10H9FN4O3S. The molecule has 0 unspecified atom stereocenters. The van der Waals surface area contributed by atoms with Gasteiger partial charge in [-0.25, -0.2) is 4.39 Å². The maximum absolute atomic E-state index is 13.5. The number of benzene rings is 1. The monoisotopic (exact) mass is 284 g/mol. The Morgan fingerprint density at radius 3 is 3.05 bits per heavy atom. The molecule has 0 fully saturated rings. The Hall–Kier alpha value is -2.29. The third kappa shape index (κ3) is 2.76. The summed E-state index contributed by atoms with van der Waals surface area (Å²) in [7, 11) is 1.68. The summed E-state index contributed by atoms with van der Waals surface area (Å²) in [6.07, 6.45) is 0. The third-order valence-electron chi connectivity index (χ3n) is 2.28. The van der Waals surface area contributed by atoms with E-state index in [9.17, 15) is 14.5 Å². The lowest BCUT2D eigenvalue weighted by molar-refractivity contribution is -0.386. The fraction of sp³-hybridized carbons (Fsp3) is 0.200. The van der Waals surface area contributed by atoms with Gasteiger partial charge in [0.1, 0.15) is 17.3 Å². The van der Waals surface area contributed by atoms with E-state index in [0.29, 0.717) is 10.7 Å². The maximum atomic E-state index is 13.5. The summed E-state index contributed by atoms with van der Waals surface area (Å²) in [4.78, 5) is 10.1. The molecule has 2 aromatic rings. The van der Waals surface area contributed by atoms with Gasteiger partial charge in [-0.05, 0) is 6.07 Å². The van der Waals surface area contributed by atoms with Crippen LogP contribution in [-0.4, -0.2) is 21.6 Å². The summed E-state index contributed by atoms with van der Waals surface area (Å²) < 4.78 is 22.4. The molecular weight excluding hydrogens is 275 g/mol. The Balaban J connectivity index is 2.22. The molecule has 0 bridgehead atoms. The lowest BCUT2D eigenvalue weighted by Crippen LogP contribution is -2.03. The number of anilines is 1. The first-order chi connectivity index (χ1) is 9.13. The number of para-hydroxylation sites is 1. The second-order valence-electron chi connectivity index (χ2n) is 3.43. The van der Waals surface area contributed by atoms with Crippen molar-refractivity contribution >= 4 is 22.2 Å². The summed E-state index contributed by atoms with van der Waals surface area (Å²) >= 11 is 1.12. The van der Waals surface area contributed by atoms with Crippen LogP contribution in [-0.2, 0) is 6.61 Å². The Kier molecular flexibility index (Phi) is 3.85. The van der Waals surface area contributed by atoms with Crippen LogP contribution in [0.4, 0.5) is 15.1 Å². The minimum absolute atomic E-state index is 0.103. The predicted molar refractivity (Wildman–Crippen MR) is 66.8 cm³/mol. The van der Waals surface area contributed by atoms with Crippen LogP contribution < -0.4 is 10.1 Å². The zero-order chi connectivity index (χ0) is 13.8. The Labute approximate surface area is 111 Å². The molecule has 1 N–H and O–H groups in total. The van der Waals surface area contributed by atoms with Gasteiger partial charge in [0.15, 0.2) is 5.82 Å². The van der Waals surface area contributed by atoms with E-state index in [-0.39, 0.29) is 6.61 Å².